The van der Waals surface area contributed by atoms with E-state index in [1.165, 1.54) is 0 Å². The summed E-state index contributed by atoms with van der Waals surface area (Å²) in [6.45, 7) is 6.99. The third-order valence-electron chi connectivity index (χ3n) is 7.31. The molecule has 1 aliphatic carbocycles. The van der Waals surface area contributed by atoms with Crippen molar-refractivity contribution in [2.45, 2.75) is 32.1 Å². The molecule has 4 heterocycles. The topological polar surface area (TPSA) is 71.8 Å². The highest BCUT2D eigenvalue weighted by molar-refractivity contribution is 5.95. The molecule has 0 bridgehead atoms. The number of fused-ring (bicyclic) bond motifs is 3. The van der Waals surface area contributed by atoms with E-state index in [4.69, 9.17) is 9.15 Å². The molecule has 1 aromatic rings. The lowest BCUT2D eigenvalue weighted by Crippen LogP contribution is -2.35. The van der Waals surface area contributed by atoms with Gasteiger partial charge in [0.05, 0.1) is 6.61 Å². The fourth-order valence-electron chi connectivity index (χ4n) is 5.87. The first-order valence-electron chi connectivity index (χ1n) is 10.3. The Balaban J connectivity index is 1.35. The van der Waals surface area contributed by atoms with Crippen LogP contribution in [0.2, 0.25) is 0 Å². The largest absolute Gasteiger partial charge is 0.427 e. The van der Waals surface area contributed by atoms with E-state index in [1.807, 2.05) is 17.9 Å². The van der Waals surface area contributed by atoms with Gasteiger partial charge in [-0.3, -0.25) is 4.79 Å². The van der Waals surface area contributed by atoms with Gasteiger partial charge < -0.3 is 19.4 Å². The van der Waals surface area contributed by atoms with Crippen molar-refractivity contribution in [3.8, 4) is 0 Å². The number of nitrogens with one attached hydrogen (secondary N) is 1. The number of piperidine rings is 1. The molecule has 0 radical (unpaired) electrons. The lowest BCUT2D eigenvalue weighted by molar-refractivity contribution is 0.0768. The van der Waals surface area contributed by atoms with Gasteiger partial charge in [-0.2, -0.15) is 0 Å². The molecule has 4 aliphatic rings. The van der Waals surface area contributed by atoms with Crippen molar-refractivity contribution in [3.05, 3.63) is 33.4 Å². The number of hydrogen-bond donors (Lipinski definition) is 1. The highest BCUT2D eigenvalue weighted by Crippen LogP contribution is 2.48. The van der Waals surface area contributed by atoms with E-state index in [9.17, 15) is 9.59 Å². The van der Waals surface area contributed by atoms with Crippen LogP contribution in [0.1, 0.15) is 46.9 Å². The Morgan fingerprint density at radius 2 is 1.96 bits per heavy atom. The van der Waals surface area contributed by atoms with Gasteiger partial charge in [0, 0.05) is 25.6 Å². The van der Waals surface area contributed by atoms with Crippen LogP contribution in [0, 0.1) is 30.6 Å². The van der Waals surface area contributed by atoms with Gasteiger partial charge in [0.2, 0.25) is 0 Å². The van der Waals surface area contributed by atoms with Crippen LogP contribution in [0.25, 0.3) is 0 Å². The average Bonchev–Trinajstić information content (AvgIpc) is 3.34. The van der Waals surface area contributed by atoms with Crippen molar-refractivity contribution >= 4 is 5.91 Å². The SMILES string of the molecule is Cc1cc(C2CCNCC2)oc(=O)c1C(=O)N1C[C@@H]2C[C@@H]3COC[C@@H]3[C@@H]2C1. The maximum atomic E-state index is 13.1. The van der Waals surface area contributed by atoms with E-state index in [-0.39, 0.29) is 17.4 Å². The molecule has 4 fully saturated rings. The van der Waals surface area contributed by atoms with Crippen molar-refractivity contribution < 1.29 is 13.9 Å². The molecule has 5 rings (SSSR count). The second kappa shape index (κ2) is 6.74. The first kappa shape index (κ1) is 17.4. The molecule has 27 heavy (non-hydrogen) atoms. The predicted octanol–water partition coefficient (Wildman–Crippen LogP) is 1.77. The Morgan fingerprint density at radius 1 is 1.15 bits per heavy atom. The molecular formula is C21H28N2O4. The Kier molecular flexibility index (Phi) is 4.36. The average molecular weight is 372 g/mol. The van der Waals surface area contributed by atoms with Crippen molar-refractivity contribution in [2.24, 2.45) is 23.7 Å². The quantitative estimate of drug-likeness (QED) is 0.857. The van der Waals surface area contributed by atoms with E-state index >= 15 is 0 Å². The number of likely N-dealkylation sites (tertiary alicyclic amines) is 1. The second-order valence-corrected chi connectivity index (χ2v) is 8.85. The van der Waals surface area contributed by atoms with Crippen LogP contribution in [0.3, 0.4) is 0 Å². The normalized spacial score (nSPS) is 33.3. The molecule has 1 N–H and O–H groups in total. The molecule has 1 aromatic heterocycles. The minimum absolute atomic E-state index is 0.150. The number of rotatable bonds is 2. The number of hydrogen-bond acceptors (Lipinski definition) is 5. The molecule has 6 heteroatoms. The van der Waals surface area contributed by atoms with E-state index < -0.39 is 5.63 Å². The molecule has 0 spiro atoms. The third kappa shape index (κ3) is 2.93. The summed E-state index contributed by atoms with van der Waals surface area (Å²) in [7, 11) is 0. The summed E-state index contributed by atoms with van der Waals surface area (Å²) in [6, 6.07) is 1.92. The van der Waals surface area contributed by atoms with Gasteiger partial charge in [-0.25, -0.2) is 4.79 Å². The van der Waals surface area contributed by atoms with Crippen molar-refractivity contribution in [3.63, 3.8) is 0 Å². The number of carbonyl (C=O) groups is 1. The molecule has 4 atom stereocenters. The summed E-state index contributed by atoms with van der Waals surface area (Å²) in [6.07, 6.45) is 3.09. The van der Waals surface area contributed by atoms with Gasteiger partial charge in [-0.05, 0) is 74.6 Å². The van der Waals surface area contributed by atoms with Crippen LogP contribution in [0.4, 0.5) is 0 Å². The summed E-state index contributed by atoms with van der Waals surface area (Å²) < 4.78 is 11.3. The number of nitrogens with zero attached hydrogens (tertiary/aromatic N) is 1. The smallest absolute Gasteiger partial charge is 0.349 e. The van der Waals surface area contributed by atoms with Crippen molar-refractivity contribution in [1.29, 1.82) is 0 Å². The first-order valence-corrected chi connectivity index (χ1v) is 10.3. The summed E-state index contributed by atoms with van der Waals surface area (Å²) in [5.41, 5.74) is 0.517. The molecule has 0 aromatic carbocycles. The Bertz CT molecular complexity index is 798. The number of carbonyl (C=O) groups excluding carboxylic acids is 1. The summed E-state index contributed by atoms with van der Waals surface area (Å²) in [5.74, 6) is 3.22. The molecule has 1 amide bonds. The third-order valence-corrected chi connectivity index (χ3v) is 7.31. The first-order chi connectivity index (χ1) is 13.1. The zero-order chi connectivity index (χ0) is 18.5. The Morgan fingerprint density at radius 3 is 2.74 bits per heavy atom. The fraction of sp³-hybridized carbons (Fsp3) is 0.714. The van der Waals surface area contributed by atoms with E-state index in [1.54, 1.807) is 0 Å². The number of ether oxygens (including phenoxy) is 1. The van der Waals surface area contributed by atoms with Gasteiger partial charge in [0.25, 0.3) is 5.91 Å². The molecule has 146 valence electrons. The van der Waals surface area contributed by atoms with Crippen LogP contribution in [0.5, 0.6) is 0 Å². The molecule has 1 saturated carbocycles. The molecular weight excluding hydrogens is 344 g/mol. The van der Waals surface area contributed by atoms with Gasteiger partial charge in [0.1, 0.15) is 11.3 Å². The van der Waals surface area contributed by atoms with Crippen molar-refractivity contribution in [2.75, 3.05) is 39.4 Å². The van der Waals surface area contributed by atoms with Gasteiger partial charge >= 0.3 is 5.63 Å². The van der Waals surface area contributed by atoms with Crippen LogP contribution in [-0.2, 0) is 4.74 Å². The Labute approximate surface area is 159 Å². The Hall–Kier alpha value is -1.66. The monoisotopic (exact) mass is 372 g/mol. The minimum Gasteiger partial charge on any atom is -0.427 e. The van der Waals surface area contributed by atoms with Gasteiger partial charge in [0.15, 0.2) is 0 Å². The standard InChI is InChI=1S/C21H28N2O4/c1-12-6-18(13-2-4-22-5-3-13)27-21(25)19(12)20(24)23-8-14-7-15-10-26-11-17(15)16(14)9-23/h6,13-17,22H,2-5,7-11H2,1H3/t14-,15+,16+,17-/m0/s1. The zero-order valence-corrected chi connectivity index (χ0v) is 15.9. The maximum absolute atomic E-state index is 13.1. The van der Waals surface area contributed by atoms with Crippen LogP contribution < -0.4 is 10.9 Å². The van der Waals surface area contributed by atoms with Crippen molar-refractivity contribution in [1.82, 2.24) is 10.2 Å². The maximum Gasteiger partial charge on any atom is 0.349 e. The summed E-state index contributed by atoms with van der Waals surface area (Å²) in [4.78, 5) is 27.7. The lowest BCUT2D eigenvalue weighted by atomic mass is 9.91. The highest BCUT2D eigenvalue weighted by atomic mass is 16.5. The molecule has 3 saturated heterocycles. The number of aryl methyl sites for hydroxylation is 1. The fourth-order valence-corrected chi connectivity index (χ4v) is 5.87. The molecule has 6 nitrogen and oxygen atoms in total. The van der Waals surface area contributed by atoms with Gasteiger partial charge in [-0.1, -0.05) is 0 Å². The summed E-state index contributed by atoms with van der Waals surface area (Å²) in [5, 5.41) is 3.33. The van der Waals surface area contributed by atoms with Gasteiger partial charge in [-0.15, -0.1) is 0 Å². The minimum atomic E-state index is -0.465. The van der Waals surface area contributed by atoms with Crippen LogP contribution >= 0.6 is 0 Å². The zero-order valence-electron chi connectivity index (χ0n) is 15.9. The number of amides is 1. The lowest BCUT2D eigenvalue weighted by Gasteiger charge is -2.23. The van der Waals surface area contributed by atoms with E-state index in [0.717, 1.165) is 70.0 Å². The second-order valence-electron chi connectivity index (χ2n) is 8.85. The van der Waals surface area contributed by atoms with Crippen LogP contribution in [0.15, 0.2) is 15.3 Å². The molecule has 3 aliphatic heterocycles. The van der Waals surface area contributed by atoms with E-state index in [0.29, 0.717) is 23.7 Å². The predicted molar refractivity (Wildman–Crippen MR) is 99.9 cm³/mol. The molecule has 0 unspecified atom stereocenters. The highest BCUT2D eigenvalue weighted by Gasteiger charge is 2.51. The van der Waals surface area contributed by atoms with Crippen LogP contribution in [-0.4, -0.2) is 50.2 Å². The summed E-state index contributed by atoms with van der Waals surface area (Å²) >= 11 is 0. The van der Waals surface area contributed by atoms with E-state index in [2.05, 4.69) is 5.32 Å².